The lowest BCUT2D eigenvalue weighted by Gasteiger charge is -2.49. The van der Waals surface area contributed by atoms with Crippen molar-refractivity contribution in [1.29, 1.82) is 5.41 Å². The van der Waals surface area contributed by atoms with Crippen LogP contribution in [0.3, 0.4) is 0 Å². The van der Waals surface area contributed by atoms with Gasteiger partial charge in [0.1, 0.15) is 35.7 Å². The summed E-state index contributed by atoms with van der Waals surface area (Å²) in [6, 6.07) is 6.34. The summed E-state index contributed by atoms with van der Waals surface area (Å²) in [5.74, 6) is -3.49. The van der Waals surface area contributed by atoms with Crippen molar-refractivity contribution in [3.05, 3.63) is 87.2 Å². The van der Waals surface area contributed by atoms with E-state index in [9.17, 15) is 23.9 Å². The third-order valence-corrected chi connectivity index (χ3v) is 10.3. The van der Waals surface area contributed by atoms with Gasteiger partial charge in [0.25, 0.3) is 0 Å². The number of hydrogen-bond acceptors (Lipinski definition) is 10. The van der Waals surface area contributed by atoms with E-state index < -0.39 is 34.8 Å². The molecule has 2 aliphatic heterocycles. The smallest absolute Gasteiger partial charge is 0.352 e. The van der Waals surface area contributed by atoms with Crippen LogP contribution in [0.1, 0.15) is 23.2 Å². The van der Waals surface area contributed by atoms with Gasteiger partial charge in [0.15, 0.2) is 35.6 Å². The lowest BCUT2D eigenvalue weighted by atomic mass is 9.89. The normalized spacial score (nSPS) is 17.9. The number of amidine groups is 1. The first kappa shape index (κ1) is 32.2. The number of benzene rings is 1. The van der Waals surface area contributed by atoms with Crippen LogP contribution in [0.5, 0.6) is 0 Å². The number of halogens is 2. The van der Waals surface area contributed by atoms with Crippen LogP contribution in [0, 0.1) is 17.1 Å². The van der Waals surface area contributed by atoms with Crippen LogP contribution in [0.4, 0.5) is 9.52 Å². The van der Waals surface area contributed by atoms with Gasteiger partial charge in [-0.3, -0.25) is 19.9 Å². The van der Waals surface area contributed by atoms with Crippen molar-refractivity contribution in [3.8, 4) is 0 Å². The van der Waals surface area contributed by atoms with E-state index in [0.29, 0.717) is 11.3 Å². The molecule has 1 fully saturated rings. The van der Waals surface area contributed by atoms with Gasteiger partial charge in [0.05, 0.1) is 17.8 Å². The number of fused-ring (bicyclic) bond motifs is 2. The molecule has 6 N–H and O–H groups in total. The minimum absolute atomic E-state index is 0.0585. The van der Waals surface area contributed by atoms with Crippen LogP contribution in [-0.4, -0.2) is 67.0 Å². The average molecular weight is 698 g/mol. The summed E-state index contributed by atoms with van der Waals surface area (Å²) in [5.41, 5.74) is 12.9. The summed E-state index contributed by atoms with van der Waals surface area (Å²) >= 11 is 8.87. The standard InChI is InChI=1S/C30H26ClFN8O5S2/c1-45-37-24(21-13-47-30(35)36-21)23(41)8-17-27(42)40-25(29(43)44)16(12-46-28(17)40)9-38-4-2-14-3-5-39(22(14)11-38)10-18-19(31)6-15(26(33)34)7-20(18)32/h2-7,11,13,17,28H,8-10,12H2,1H3,(H5-,33,34,35,36,43,44)/p+1/b37-24-/t17-,28-/m1/s1. The first-order valence-corrected chi connectivity index (χ1v) is 16.3. The predicted molar refractivity (Wildman–Crippen MR) is 175 cm³/mol. The van der Waals surface area contributed by atoms with E-state index in [4.69, 9.17) is 33.3 Å². The zero-order valence-electron chi connectivity index (χ0n) is 24.6. The number of hydrogen-bond donors (Lipinski definition) is 4. The lowest BCUT2D eigenvalue weighted by molar-refractivity contribution is -0.687. The summed E-state index contributed by atoms with van der Waals surface area (Å²) in [5, 5.41) is 23.8. The van der Waals surface area contributed by atoms with E-state index >= 15 is 0 Å². The number of nitrogens with two attached hydrogens (primary N) is 2. The first-order chi connectivity index (χ1) is 22.5. The van der Waals surface area contributed by atoms with Gasteiger partial charge in [0.2, 0.25) is 5.91 Å². The summed E-state index contributed by atoms with van der Waals surface area (Å²) in [6.45, 7) is 0.278. The first-order valence-electron chi connectivity index (χ1n) is 14.0. The number of aliphatic carboxylic acids is 1. The van der Waals surface area contributed by atoms with Crippen LogP contribution in [-0.2, 0) is 32.3 Å². The second-order valence-electron chi connectivity index (χ2n) is 10.8. The van der Waals surface area contributed by atoms with E-state index in [-0.39, 0.29) is 63.7 Å². The van der Waals surface area contributed by atoms with Crippen molar-refractivity contribution >= 4 is 79.9 Å². The molecular formula is C30H27ClFN8O5S2+. The number of β-lactam (4-membered cyclic amide) rings is 1. The molecule has 4 aromatic rings. The molecule has 0 saturated carbocycles. The van der Waals surface area contributed by atoms with Crippen LogP contribution < -0.4 is 16.0 Å². The third kappa shape index (κ3) is 6.06. The number of ketones is 1. The van der Waals surface area contributed by atoms with Crippen LogP contribution in [0.25, 0.3) is 10.9 Å². The molecule has 47 heavy (non-hydrogen) atoms. The highest BCUT2D eigenvalue weighted by molar-refractivity contribution is 8.00. The summed E-state index contributed by atoms with van der Waals surface area (Å²) in [4.78, 5) is 49.1. The number of carboxylic acid groups (broad SMARTS) is 1. The Balaban J connectivity index is 1.22. The van der Waals surface area contributed by atoms with Crippen molar-refractivity contribution in [2.45, 2.75) is 24.9 Å². The summed E-state index contributed by atoms with van der Waals surface area (Å²) in [7, 11) is 1.29. The number of anilines is 1. The Bertz CT molecular complexity index is 2020. The Labute approximate surface area is 279 Å². The van der Waals surface area contributed by atoms with Gasteiger partial charge in [-0.1, -0.05) is 16.8 Å². The van der Waals surface area contributed by atoms with Crippen molar-refractivity contribution in [2.75, 3.05) is 18.6 Å². The number of amides is 1. The average Bonchev–Trinajstić information content (AvgIpc) is 3.65. The molecule has 0 spiro atoms. The number of carbonyl (C=O) groups excluding carboxylic acids is 2. The Morgan fingerprint density at radius 2 is 2.13 bits per heavy atom. The predicted octanol–water partition coefficient (Wildman–Crippen LogP) is 2.97. The Hall–Kier alpha value is -4.80. The molecule has 242 valence electrons. The number of rotatable bonds is 11. The maximum atomic E-state index is 14.9. The Morgan fingerprint density at radius 1 is 1.34 bits per heavy atom. The highest BCUT2D eigenvalue weighted by Crippen LogP contribution is 2.45. The molecular weight excluding hydrogens is 671 g/mol. The Kier molecular flexibility index (Phi) is 8.74. The van der Waals surface area contributed by atoms with Crippen LogP contribution in [0.15, 0.2) is 64.7 Å². The molecule has 1 saturated heterocycles. The van der Waals surface area contributed by atoms with E-state index in [0.717, 1.165) is 22.2 Å². The Morgan fingerprint density at radius 3 is 2.79 bits per heavy atom. The zero-order valence-corrected chi connectivity index (χ0v) is 27.0. The monoisotopic (exact) mass is 697 g/mol. The molecule has 0 aliphatic carbocycles. The minimum Gasteiger partial charge on any atom is -0.477 e. The number of nitrogens with zero attached hydrogens (tertiary/aromatic N) is 5. The lowest BCUT2D eigenvalue weighted by Crippen LogP contribution is -2.62. The fraction of sp³-hybridized carbons (Fsp3) is 0.233. The number of aromatic nitrogens is 3. The fourth-order valence-corrected chi connectivity index (χ4v) is 7.89. The van der Waals surface area contributed by atoms with Crippen LogP contribution >= 0.6 is 34.7 Å². The molecule has 1 aromatic carbocycles. The van der Waals surface area contributed by atoms with Crippen molar-refractivity contribution in [3.63, 3.8) is 0 Å². The van der Waals surface area contributed by atoms with Crippen molar-refractivity contribution in [1.82, 2.24) is 14.5 Å². The van der Waals surface area contributed by atoms with Gasteiger partial charge in [0, 0.05) is 56.9 Å². The van der Waals surface area contributed by atoms with Gasteiger partial charge in [-0.05, 0) is 18.2 Å². The highest BCUT2D eigenvalue weighted by Gasteiger charge is 2.54. The number of thioether (sulfide) groups is 1. The maximum absolute atomic E-state index is 14.9. The van der Waals surface area contributed by atoms with Crippen molar-refractivity contribution in [2.24, 2.45) is 16.8 Å². The van der Waals surface area contributed by atoms with Gasteiger partial charge in [-0.15, -0.1) is 23.1 Å². The van der Waals surface area contributed by atoms with Crippen LogP contribution in [0.2, 0.25) is 5.02 Å². The van der Waals surface area contributed by atoms with Crippen molar-refractivity contribution < 1.29 is 33.3 Å². The van der Waals surface area contributed by atoms with Gasteiger partial charge in [-0.2, -0.15) is 4.57 Å². The molecule has 3 aromatic heterocycles. The molecule has 2 atom stereocenters. The molecule has 5 heterocycles. The second kappa shape index (κ2) is 12.8. The number of nitrogen functional groups attached to an aromatic ring is 2. The molecule has 2 aliphatic rings. The highest BCUT2D eigenvalue weighted by atomic mass is 35.5. The quantitative estimate of drug-likeness (QED) is 0.0599. The minimum atomic E-state index is -1.24. The third-order valence-electron chi connectivity index (χ3n) is 7.90. The fourth-order valence-electron chi connectivity index (χ4n) is 5.67. The molecule has 13 nitrogen and oxygen atoms in total. The number of thiazole rings is 1. The molecule has 6 rings (SSSR count). The number of carboxylic acids is 1. The summed E-state index contributed by atoms with van der Waals surface area (Å²) in [6.07, 6.45) is 5.21. The molecule has 0 radical (unpaired) electrons. The molecule has 1 amide bonds. The number of carbonyl (C=O) groups is 3. The molecule has 17 heteroatoms. The van der Waals surface area contributed by atoms with E-state index in [1.807, 2.05) is 22.9 Å². The van der Waals surface area contributed by atoms with Gasteiger partial charge < -0.3 is 26.0 Å². The van der Waals surface area contributed by atoms with E-state index in [2.05, 4.69) is 10.1 Å². The SMILES string of the molecule is CO/N=C(\C(=O)C[C@@H]1C(=O)N2C(C(=O)O)=C(C[n+]3ccc4ccn(Cc5c(F)cc(C(=N)N)cc5Cl)c4c3)CS[C@H]12)c1csc(N)n1. The second-order valence-corrected chi connectivity index (χ2v) is 13.2. The number of oxime groups is 1. The zero-order chi connectivity index (χ0) is 33.6. The number of Topliss-reactive ketones (excluding diaryl/α,β-unsaturated/α-hetero) is 1. The topological polar surface area (TPSA) is 194 Å². The van der Waals surface area contributed by atoms with E-state index in [1.54, 1.807) is 22.3 Å². The largest absolute Gasteiger partial charge is 0.477 e. The maximum Gasteiger partial charge on any atom is 0.352 e. The van der Waals surface area contributed by atoms with E-state index in [1.165, 1.54) is 35.9 Å². The van der Waals surface area contributed by atoms with Gasteiger partial charge >= 0.3 is 5.97 Å². The molecule has 0 bridgehead atoms. The number of nitrogens with one attached hydrogen (secondary N) is 1. The number of pyridine rings is 1. The molecule has 0 unspecified atom stereocenters. The van der Waals surface area contributed by atoms with Gasteiger partial charge in [-0.25, -0.2) is 14.2 Å². The summed E-state index contributed by atoms with van der Waals surface area (Å²) < 4.78 is 18.5.